The van der Waals surface area contributed by atoms with E-state index in [4.69, 9.17) is 0 Å². The molecular formula is C18H26NO2+. The van der Waals surface area contributed by atoms with Crippen LogP contribution in [0.3, 0.4) is 0 Å². The minimum absolute atomic E-state index is 0.0512. The molecule has 0 aliphatic carbocycles. The predicted molar refractivity (Wildman–Crippen MR) is 84.5 cm³/mol. The number of benzene rings is 1. The molecule has 2 rings (SSSR count). The Balaban J connectivity index is 1.94. The fourth-order valence-electron chi connectivity index (χ4n) is 3.03. The third kappa shape index (κ3) is 4.26. The number of likely N-dealkylation sites (tertiary alicyclic amines) is 1. The Morgan fingerprint density at radius 3 is 2.48 bits per heavy atom. The third-order valence-electron chi connectivity index (χ3n) is 4.42. The first-order valence-electron chi connectivity index (χ1n) is 7.86. The van der Waals surface area contributed by atoms with Crippen LogP contribution in [0.2, 0.25) is 0 Å². The first kappa shape index (κ1) is 15.9. The second-order valence-electron chi connectivity index (χ2n) is 6.11. The summed E-state index contributed by atoms with van der Waals surface area (Å²) in [6, 6.07) is 10.3. The maximum Gasteiger partial charge on any atom is 0.319 e. The Bertz CT molecular complexity index is 487. The molecule has 0 bridgehead atoms. The summed E-state index contributed by atoms with van der Waals surface area (Å²) >= 11 is 0. The molecule has 0 unspecified atom stereocenters. The van der Waals surface area contributed by atoms with Crippen molar-refractivity contribution in [3.8, 4) is 0 Å². The van der Waals surface area contributed by atoms with Gasteiger partial charge in [0, 0.05) is 0 Å². The number of aliphatic hydroxyl groups is 1. The van der Waals surface area contributed by atoms with Gasteiger partial charge in [0.25, 0.3) is 0 Å². The van der Waals surface area contributed by atoms with Crippen LogP contribution in [0.15, 0.2) is 42.0 Å². The molecule has 0 atom stereocenters. The molecule has 1 aromatic carbocycles. The Kier molecular flexibility index (Phi) is 5.71. The van der Waals surface area contributed by atoms with Gasteiger partial charge in [-0.2, -0.15) is 0 Å². The van der Waals surface area contributed by atoms with Gasteiger partial charge in [0.05, 0.1) is 19.5 Å². The van der Waals surface area contributed by atoms with Crippen molar-refractivity contribution in [2.45, 2.75) is 39.0 Å². The van der Waals surface area contributed by atoms with E-state index < -0.39 is 0 Å². The van der Waals surface area contributed by atoms with Crippen LogP contribution in [0.4, 0.5) is 0 Å². The number of hydrogen-bond donors (Lipinski definition) is 1. The van der Waals surface area contributed by atoms with Crippen molar-refractivity contribution < 1.29 is 14.4 Å². The molecule has 1 amide bonds. The summed E-state index contributed by atoms with van der Waals surface area (Å²) in [6.45, 7) is 3.60. The maximum atomic E-state index is 12.5. The van der Waals surface area contributed by atoms with Crippen molar-refractivity contribution >= 4 is 5.91 Å². The molecule has 1 aliphatic rings. The Labute approximate surface area is 127 Å². The molecule has 0 saturated carbocycles. The van der Waals surface area contributed by atoms with Gasteiger partial charge in [-0.3, -0.25) is 0 Å². The predicted octanol–water partition coefficient (Wildman–Crippen LogP) is 3.04. The van der Waals surface area contributed by atoms with Crippen LogP contribution < -0.4 is 0 Å². The molecule has 21 heavy (non-hydrogen) atoms. The normalized spacial score (nSPS) is 18.5. The molecule has 1 aromatic rings. The smallest absolute Gasteiger partial charge is 0.319 e. The number of quaternary nitrogens is 1. The molecule has 1 heterocycles. The van der Waals surface area contributed by atoms with Gasteiger partial charge in [-0.15, -0.1) is 0 Å². The quantitative estimate of drug-likeness (QED) is 0.668. The van der Waals surface area contributed by atoms with Crippen LogP contribution in [0.1, 0.15) is 38.2 Å². The van der Waals surface area contributed by atoms with Crippen molar-refractivity contribution in [3.05, 3.63) is 47.5 Å². The number of carbonyl (C=O) groups is 1. The molecule has 1 aliphatic heterocycles. The van der Waals surface area contributed by atoms with Crippen LogP contribution in [0.25, 0.3) is 0 Å². The molecule has 1 saturated heterocycles. The van der Waals surface area contributed by atoms with Crippen molar-refractivity contribution in [2.24, 2.45) is 0 Å². The van der Waals surface area contributed by atoms with E-state index in [9.17, 15) is 9.90 Å². The van der Waals surface area contributed by atoms with E-state index in [1.165, 1.54) is 17.6 Å². The summed E-state index contributed by atoms with van der Waals surface area (Å²) < 4.78 is 0.259. The van der Waals surface area contributed by atoms with Gasteiger partial charge >= 0.3 is 5.91 Å². The van der Waals surface area contributed by atoms with Crippen molar-refractivity contribution in [1.29, 1.82) is 0 Å². The van der Waals surface area contributed by atoms with E-state index in [0.717, 1.165) is 32.4 Å². The lowest BCUT2D eigenvalue weighted by molar-refractivity contribution is -0.878. The summed E-state index contributed by atoms with van der Waals surface area (Å²) in [7, 11) is 0. The highest BCUT2D eigenvalue weighted by Crippen LogP contribution is 2.20. The first-order valence-corrected chi connectivity index (χ1v) is 7.86. The molecule has 114 valence electrons. The van der Waals surface area contributed by atoms with Crippen LogP contribution in [0, 0.1) is 0 Å². The molecule has 1 fully saturated rings. The number of piperidine rings is 1. The largest absolute Gasteiger partial charge is 0.347 e. The highest BCUT2D eigenvalue weighted by molar-refractivity contribution is 5.71. The summed E-state index contributed by atoms with van der Waals surface area (Å²) in [5, 5.41) is 9.64. The topological polar surface area (TPSA) is 37.3 Å². The van der Waals surface area contributed by atoms with E-state index in [1.54, 1.807) is 0 Å². The van der Waals surface area contributed by atoms with Crippen molar-refractivity contribution in [3.63, 3.8) is 0 Å². The summed E-state index contributed by atoms with van der Waals surface area (Å²) in [5.41, 5.74) is 2.48. The number of carbonyl (C=O) groups excluding carboxylic acids is 1. The van der Waals surface area contributed by atoms with E-state index in [1.807, 2.05) is 24.3 Å². The van der Waals surface area contributed by atoms with Gasteiger partial charge in [-0.25, -0.2) is 9.28 Å². The fraction of sp³-hybridized carbons (Fsp3) is 0.500. The van der Waals surface area contributed by atoms with Crippen LogP contribution >= 0.6 is 0 Å². The van der Waals surface area contributed by atoms with Gasteiger partial charge in [0.1, 0.15) is 0 Å². The number of rotatable bonds is 5. The Morgan fingerprint density at radius 1 is 1.19 bits per heavy atom. The van der Waals surface area contributed by atoms with E-state index >= 15 is 0 Å². The third-order valence-corrected chi connectivity index (χ3v) is 4.42. The number of aliphatic hydroxyl groups excluding tert-OH is 1. The number of amides is 1. The lowest BCUT2D eigenvalue weighted by Gasteiger charge is -2.36. The lowest BCUT2D eigenvalue weighted by Crippen LogP contribution is -2.56. The molecular weight excluding hydrogens is 262 g/mol. The monoisotopic (exact) mass is 288 g/mol. The number of hydrogen-bond acceptors (Lipinski definition) is 2. The second kappa shape index (κ2) is 7.53. The van der Waals surface area contributed by atoms with Crippen LogP contribution in [-0.4, -0.2) is 35.3 Å². The molecule has 3 heteroatoms. The highest BCUT2D eigenvalue weighted by Gasteiger charge is 2.36. The molecule has 3 nitrogen and oxygen atoms in total. The molecule has 0 aromatic heterocycles. The van der Waals surface area contributed by atoms with Crippen molar-refractivity contribution in [2.75, 3.05) is 19.8 Å². The van der Waals surface area contributed by atoms with Crippen LogP contribution in [0.5, 0.6) is 0 Å². The molecule has 0 spiro atoms. The molecule has 1 N–H and O–H groups in total. The van der Waals surface area contributed by atoms with Gasteiger partial charge in [-0.1, -0.05) is 42.0 Å². The first-order chi connectivity index (χ1) is 10.2. The van der Waals surface area contributed by atoms with E-state index in [-0.39, 0.29) is 17.1 Å². The average Bonchev–Trinajstić information content (AvgIpc) is 2.54. The van der Waals surface area contributed by atoms with Gasteiger partial charge in [-0.05, 0) is 38.2 Å². The van der Waals surface area contributed by atoms with E-state index in [2.05, 4.69) is 19.1 Å². The minimum Gasteiger partial charge on any atom is -0.347 e. The van der Waals surface area contributed by atoms with E-state index in [0.29, 0.717) is 6.42 Å². The Hall–Kier alpha value is -1.45. The standard InChI is InChI=1S/C18H26NO2/c1-16(14-17-8-4-2-5-9-17)10-11-18(21)19(15-20)12-6-3-7-13-19/h2,4-5,8-10,20H,3,6-7,11-15H2,1H3/q+1. The molecule has 0 radical (unpaired) electrons. The SMILES string of the molecule is CC(=CCC(=O)[N+]1(CO)CCCCC1)Cc1ccccc1. The zero-order valence-electron chi connectivity index (χ0n) is 12.9. The zero-order valence-corrected chi connectivity index (χ0v) is 12.9. The second-order valence-corrected chi connectivity index (χ2v) is 6.11. The highest BCUT2D eigenvalue weighted by atomic mass is 16.3. The number of nitrogens with zero attached hydrogens (tertiary/aromatic N) is 1. The van der Waals surface area contributed by atoms with Crippen LogP contribution in [-0.2, 0) is 11.2 Å². The zero-order chi connectivity index (χ0) is 15.1. The minimum atomic E-state index is -0.0512. The summed E-state index contributed by atoms with van der Waals surface area (Å²) in [4.78, 5) is 12.5. The summed E-state index contributed by atoms with van der Waals surface area (Å²) in [5.74, 6) is 0.157. The van der Waals surface area contributed by atoms with Gasteiger partial charge in [0.2, 0.25) is 0 Å². The lowest BCUT2D eigenvalue weighted by atomic mass is 10.0. The van der Waals surface area contributed by atoms with Gasteiger partial charge < -0.3 is 5.11 Å². The maximum absolute atomic E-state index is 12.5. The Morgan fingerprint density at radius 2 is 1.86 bits per heavy atom. The fourth-order valence-corrected chi connectivity index (χ4v) is 3.03. The average molecular weight is 288 g/mol. The van der Waals surface area contributed by atoms with Gasteiger partial charge in [0.15, 0.2) is 6.73 Å². The number of allylic oxidation sites excluding steroid dienone is 1. The van der Waals surface area contributed by atoms with Crippen molar-refractivity contribution in [1.82, 2.24) is 0 Å². The summed E-state index contributed by atoms with van der Waals surface area (Å²) in [6.07, 6.45) is 6.60.